The Balaban J connectivity index is 1.77. The van der Waals surface area contributed by atoms with Crippen LogP contribution in [0.3, 0.4) is 0 Å². The highest BCUT2D eigenvalue weighted by Gasteiger charge is 2.30. The first-order valence-electron chi connectivity index (χ1n) is 7.40. The largest absolute Gasteiger partial charge is 0.416 e. The van der Waals surface area contributed by atoms with Gasteiger partial charge in [-0.2, -0.15) is 13.2 Å². The van der Waals surface area contributed by atoms with E-state index >= 15 is 0 Å². The number of benzene rings is 2. The zero-order valence-corrected chi connectivity index (χ0v) is 12.3. The van der Waals surface area contributed by atoms with Gasteiger partial charge in [0.25, 0.3) is 0 Å². The van der Waals surface area contributed by atoms with Crippen LogP contribution in [0.2, 0.25) is 0 Å². The highest BCUT2D eigenvalue weighted by Crippen LogP contribution is 2.34. The maximum atomic E-state index is 12.5. The van der Waals surface area contributed by atoms with Gasteiger partial charge in [-0.3, -0.25) is 0 Å². The first-order chi connectivity index (χ1) is 10.9. The molecule has 1 nitrogen and oxygen atoms in total. The summed E-state index contributed by atoms with van der Waals surface area (Å²) in [5.74, 6) is 5.68. The summed E-state index contributed by atoms with van der Waals surface area (Å²) in [4.78, 5) is 0. The second kappa shape index (κ2) is 6.10. The van der Waals surface area contributed by atoms with Crippen molar-refractivity contribution in [2.75, 3.05) is 0 Å². The quantitative estimate of drug-likeness (QED) is 0.716. The molecule has 0 aliphatic heterocycles. The molecule has 0 heterocycles. The number of rotatable bonds is 0. The molecule has 2 aromatic rings. The molecule has 2 atom stereocenters. The molecule has 1 aliphatic carbocycles. The van der Waals surface area contributed by atoms with Crippen molar-refractivity contribution in [3.8, 4) is 11.8 Å². The molecule has 0 amide bonds. The fourth-order valence-electron chi connectivity index (χ4n) is 2.81. The van der Waals surface area contributed by atoms with E-state index in [9.17, 15) is 18.3 Å². The van der Waals surface area contributed by atoms with Crippen molar-refractivity contribution < 1.29 is 18.3 Å². The lowest BCUT2D eigenvalue weighted by atomic mass is 9.82. The van der Waals surface area contributed by atoms with Gasteiger partial charge in [0.1, 0.15) is 0 Å². The van der Waals surface area contributed by atoms with Crippen molar-refractivity contribution in [2.24, 2.45) is 5.92 Å². The summed E-state index contributed by atoms with van der Waals surface area (Å²) in [6, 6.07) is 12.5. The number of aliphatic hydroxyl groups excluding tert-OH is 1. The van der Waals surface area contributed by atoms with Crippen molar-refractivity contribution in [3.63, 3.8) is 0 Å². The minimum atomic E-state index is -4.34. The van der Waals surface area contributed by atoms with Gasteiger partial charge in [-0.05, 0) is 48.2 Å². The van der Waals surface area contributed by atoms with Gasteiger partial charge in [-0.25, -0.2) is 0 Å². The van der Waals surface area contributed by atoms with Gasteiger partial charge in [0.05, 0.1) is 17.6 Å². The zero-order chi connectivity index (χ0) is 16.4. The van der Waals surface area contributed by atoms with E-state index in [2.05, 4.69) is 11.8 Å². The molecule has 0 unspecified atom stereocenters. The average Bonchev–Trinajstić information content (AvgIpc) is 2.54. The van der Waals surface area contributed by atoms with E-state index in [0.717, 1.165) is 36.1 Å². The van der Waals surface area contributed by atoms with Crippen LogP contribution in [0.5, 0.6) is 0 Å². The van der Waals surface area contributed by atoms with Gasteiger partial charge in [-0.15, -0.1) is 0 Å². The summed E-state index contributed by atoms with van der Waals surface area (Å²) in [5, 5.41) is 10.4. The molecule has 0 fully saturated rings. The van der Waals surface area contributed by atoms with Gasteiger partial charge in [0.2, 0.25) is 0 Å². The van der Waals surface area contributed by atoms with E-state index in [-0.39, 0.29) is 5.92 Å². The van der Waals surface area contributed by atoms with Crippen LogP contribution in [0.25, 0.3) is 0 Å². The molecule has 2 aromatic carbocycles. The van der Waals surface area contributed by atoms with Crippen molar-refractivity contribution >= 4 is 0 Å². The first-order valence-corrected chi connectivity index (χ1v) is 7.40. The van der Waals surface area contributed by atoms with Crippen LogP contribution in [0, 0.1) is 17.8 Å². The van der Waals surface area contributed by atoms with Crippen LogP contribution in [0.15, 0.2) is 48.5 Å². The highest BCUT2D eigenvalue weighted by molar-refractivity contribution is 5.39. The third-order valence-electron chi connectivity index (χ3n) is 4.09. The molecule has 0 spiro atoms. The van der Waals surface area contributed by atoms with Gasteiger partial charge >= 0.3 is 6.18 Å². The number of hydrogen-bond donors (Lipinski definition) is 1. The standard InChI is InChI=1S/C19H15F3O/c20-19(21,22)16-11-6-13(7-12-16)5-8-15-10-9-14-3-1-2-4-17(14)18(15)23/h1-4,6-7,11-12,15,18,23H,9-10H2/t15-,18-/m1/s1. The average molecular weight is 316 g/mol. The van der Waals surface area contributed by atoms with E-state index in [0.29, 0.717) is 5.56 Å². The maximum Gasteiger partial charge on any atom is 0.416 e. The number of hydrogen-bond acceptors (Lipinski definition) is 1. The second-order valence-corrected chi connectivity index (χ2v) is 5.63. The Morgan fingerprint density at radius 2 is 1.70 bits per heavy atom. The van der Waals surface area contributed by atoms with Crippen molar-refractivity contribution in [1.29, 1.82) is 0 Å². The summed E-state index contributed by atoms with van der Waals surface area (Å²) < 4.78 is 37.6. The zero-order valence-electron chi connectivity index (χ0n) is 12.3. The summed E-state index contributed by atoms with van der Waals surface area (Å²) in [6.45, 7) is 0. The maximum absolute atomic E-state index is 12.5. The Hall–Kier alpha value is -2.25. The van der Waals surface area contributed by atoms with Gasteiger partial charge < -0.3 is 5.11 Å². The van der Waals surface area contributed by atoms with E-state index in [1.807, 2.05) is 24.3 Å². The van der Waals surface area contributed by atoms with Crippen LogP contribution in [0.4, 0.5) is 13.2 Å². The smallest absolute Gasteiger partial charge is 0.387 e. The second-order valence-electron chi connectivity index (χ2n) is 5.63. The molecule has 3 rings (SSSR count). The topological polar surface area (TPSA) is 20.2 Å². The fourth-order valence-corrected chi connectivity index (χ4v) is 2.81. The van der Waals surface area contributed by atoms with Crippen molar-refractivity contribution in [3.05, 3.63) is 70.8 Å². The van der Waals surface area contributed by atoms with Crippen LogP contribution in [0.1, 0.15) is 34.8 Å². The van der Waals surface area contributed by atoms with E-state index < -0.39 is 17.8 Å². The number of fused-ring (bicyclic) bond motifs is 1. The van der Waals surface area contributed by atoms with Crippen LogP contribution < -0.4 is 0 Å². The Morgan fingerprint density at radius 3 is 2.39 bits per heavy atom. The molecule has 4 heteroatoms. The van der Waals surface area contributed by atoms with E-state index in [1.165, 1.54) is 12.1 Å². The van der Waals surface area contributed by atoms with E-state index in [4.69, 9.17) is 0 Å². The number of aryl methyl sites for hydroxylation is 1. The Bertz CT molecular complexity index is 751. The molecule has 0 aromatic heterocycles. The molecule has 23 heavy (non-hydrogen) atoms. The predicted octanol–water partition coefficient (Wildman–Crippen LogP) is 4.35. The molecule has 0 bridgehead atoms. The lowest BCUT2D eigenvalue weighted by molar-refractivity contribution is -0.137. The Morgan fingerprint density at radius 1 is 1.00 bits per heavy atom. The predicted molar refractivity (Wildman–Crippen MR) is 81.5 cm³/mol. The molecule has 1 aliphatic rings. The third-order valence-corrected chi connectivity index (χ3v) is 4.09. The summed E-state index contributed by atoms with van der Waals surface area (Å²) >= 11 is 0. The molecule has 0 radical (unpaired) electrons. The highest BCUT2D eigenvalue weighted by atomic mass is 19.4. The Labute approximate surface area is 132 Å². The monoisotopic (exact) mass is 316 g/mol. The molecule has 0 saturated carbocycles. The lowest BCUT2D eigenvalue weighted by Crippen LogP contribution is -2.19. The first kappa shape index (κ1) is 15.6. The summed E-state index contributed by atoms with van der Waals surface area (Å²) in [6.07, 6.45) is -3.40. The van der Waals surface area contributed by atoms with Crippen LogP contribution >= 0.6 is 0 Å². The van der Waals surface area contributed by atoms with Gasteiger partial charge in [-0.1, -0.05) is 36.1 Å². The molecular formula is C19H15F3O. The summed E-state index contributed by atoms with van der Waals surface area (Å²) in [7, 11) is 0. The fraction of sp³-hybridized carbons (Fsp3) is 0.263. The van der Waals surface area contributed by atoms with Crippen molar-refractivity contribution in [2.45, 2.75) is 25.1 Å². The number of aliphatic hydroxyl groups is 1. The SMILES string of the molecule is O[C@H]1c2ccccc2CC[C@H]1C#Cc1ccc(C(F)(F)F)cc1. The lowest BCUT2D eigenvalue weighted by Gasteiger charge is -2.26. The normalized spacial score (nSPS) is 20.3. The third kappa shape index (κ3) is 3.40. The van der Waals surface area contributed by atoms with Crippen LogP contribution in [-0.4, -0.2) is 5.11 Å². The molecule has 0 saturated heterocycles. The summed E-state index contributed by atoms with van der Waals surface area (Å²) in [5.41, 5.74) is 1.86. The number of alkyl halides is 3. The minimum Gasteiger partial charge on any atom is -0.387 e. The van der Waals surface area contributed by atoms with E-state index in [1.54, 1.807) is 0 Å². The minimum absolute atomic E-state index is 0.202. The van der Waals surface area contributed by atoms with Crippen LogP contribution in [-0.2, 0) is 12.6 Å². The molecular weight excluding hydrogens is 301 g/mol. The molecule has 1 N–H and O–H groups in total. The van der Waals surface area contributed by atoms with Gasteiger partial charge in [0, 0.05) is 5.56 Å². The number of halogens is 3. The van der Waals surface area contributed by atoms with Gasteiger partial charge in [0.15, 0.2) is 0 Å². The van der Waals surface area contributed by atoms with Crippen molar-refractivity contribution in [1.82, 2.24) is 0 Å². The Kier molecular flexibility index (Phi) is 4.14. The molecule has 118 valence electrons.